The van der Waals surface area contributed by atoms with Gasteiger partial charge in [-0.25, -0.2) is 0 Å². The number of carbonyl (C=O) groups excluding carboxylic acids is 1. The van der Waals surface area contributed by atoms with Crippen LogP contribution >= 0.6 is 0 Å². The molecular formula is C16H19N5O2. The van der Waals surface area contributed by atoms with E-state index in [-0.39, 0.29) is 5.91 Å². The van der Waals surface area contributed by atoms with Gasteiger partial charge in [-0.15, -0.1) is 0 Å². The van der Waals surface area contributed by atoms with Gasteiger partial charge in [0.2, 0.25) is 0 Å². The van der Waals surface area contributed by atoms with Gasteiger partial charge in [-0.2, -0.15) is 10.2 Å². The van der Waals surface area contributed by atoms with Crippen LogP contribution in [0.1, 0.15) is 24.2 Å². The Morgan fingerprint density at radius 3 is 2.91 bits per heavy atom. The van der Waals surface area contributed by atoms with Crippen LogP contribution in [-0.2, 0) is 13.6 Å². The molecule has 7 heteroatoms. The molecule has 0 aliphatic carbocycles. The minimum absolute atomic E-state index is 0.221. The Bertz CT molecular complexity index is 798. The van der Waals surface area contributed by atoms with Gasteiger partial charge in [0.05, 0.1) is 23.7 Å². The molecule has 1 N–H and O–H groups in total. The van der Waals surface area contributed by atoms with E-state index in [9.17, 15) is 4.79 Å². The SMILES string of the molecule is CC(C)Cn1cc(C(=O)Nc2cn(C)nc2-c2ccco2)cn1. The number of furan rings is 1. The van der Waals surface area contributed by atoms with Gasteiger partial charge in [-0.3, -0.25) is 14.2 Å². The van der Waals surface area contributed by atoms with Crippen molar-refractivity contribution in [3.05, 3.63) is 42.5 Å². The number of hydrogen-bond donors (Lipinski definition) is 1. The maximum Gasteiger partial charge on any atom is 0.258 e. The summed E-state index contributed by atoms with van der Waals surface area (Å²) in [6.45, 7) is 4.98. The van der Waals surface area contributed by atoms with Crippen molar-refractivity contribution >= 4 is 11.6 Å². The average Bonchev–Trinajstić information content (AvgIpc) is 3.18. The second-order valence-electron chi connectivity index (χ2n) is 5.84. The fourth-order valence-electron chi connectivity index (χ4n) is 2.32. The first-order valence-electron chi connectivity index (χ1n) is 7.44. The van der Waals surface area contributed by atoms with Gasteiger partial charge in [0.1, 0.15) is 0 Å². The molecule has 0 radical (unpaired) electrons. The van der Waals surface area contributed by atoms with E-state index in [1.165, 1.54) is 0 Å². The van der Waals surface area contributed by atoms with Gasteiger partial charge >= 0.3 is 0 Å². The largest absolute Gasteiger partial charge is 0.463 e. The van der Waals surface area contributed by atoms with Crippen molar-refractivity contribution in [2.24, 2.45) is 13.0 Å². The van der Waals surface area contributed by atoms with Crippen LogP contribution in [0.2, 0.25) is 0 Å². The van der Waals surface area contributed by atoms with Crippen LogP contribution in [0, 0.1) is 5.92 Å². The van der Waals surface area contributed by atoms with Gasteiger partial charge in [0.15, 0.2) is 11.5 Å². The third-order valence-electron chi connectivity index (χ3n) is 3.28. The maximum absolute atomic E-state index is 12.4. The molecule has 0 aliphatic rings. The van der Waals surface area contributed by atoms with E-state index in [1.54, 1.807) is 53.4 Å². The smallest absolute Gasteiger partial charge is 0.258 e. The lowest BCUT2D eigenvalue weighted by molar-refractivity contribution is 0.102. The molecule has 7 nitrogen and oxygen atoms in total. The lowest BCUT2D eigenvalue weighted by Crippen LogP contribution is -2.11. The monoisotopic (exact) mass is 313 g/mol. The first kappa shape index (κ1) is 15.1. The number of nitrogens with zero attached hydrogens (tertiary/aromatic N) is 4. The molecule has 0 unspecified atom stereocenters. The quantitative estimate of drug-likeness (QED) is 0.785. The van der Waals surface area contributed by atoms with Crippen molar-refractivity contribution in [1.82, 2.24) is 19.6 Å². The third-order valence-corrected chi connectivity index (χ3v) is 3.28. The van der Waals surface area contributed by atoms with Crippen molar-refractivity contribution in [2.75, 3.05) is 5.32 Å². The minimum Gasteiger partial charge on any atom is -0.463 e. The normalized spacial score (nSPS) is 11.1. The first-order valence-corrected chi connectivity index (χ1v) is 7.44. The van der Waals surface area contributed by atoms with E-state index < -0.39 is 0 Å². The summed E-state index contributed by atoms with van der Waals surface area (Å²) in [5, 5.41) is 11.4. The minimum atomic E-state index is -0.221. The molecule has 0 spiro atoms. The van der Waals surface area contributed by atoms with Gasteiger partial charge in [0, 0.05) is 26.0 Å². The predicted octanol–water partition coefficient (Wildman–Crippen LogP) is 2.78. The molecule has 23 heavy (non-hydrogen) atoms. The van der Waals surface area contributed by atoms with Crippen LogP contribution < -0.4 is 5.32 Å². The molecular weight excluding hydrogens is 294 g/mol. The number of aromatic nitrogens is 4. The molecule has 0 saturated heterocycles. The lowest BCUT2D eigenvalue weighted by atomic mass is 10.2. The second-order valence-corrected chi connectivity index (χ2v) is 5.84. The van der Waals surface area contributed by atoms with Crippen molar-refractivity contribution in [3.63, 3.8) is 0 Å². The molecule has 3 heterocycles. The highest BCUT2D eigenvalue weighted by Crippen LogP contribution is 2.26. The molecule has 0 aromatic carbocycles. The number of anilines is 1. The first-order chi connectivity index (χ1) is 11.0. The Labute approximate surface area is 133 Å². The highest BCUT2D eigenvalue weighted by atomic mass is 16.3. The van der Waals surface area contributed by atoms with Crippen LogP contribution in [0.4, 0.5) is 5.69 Å². The van der Waals surface area contributed by atoms with E-state index in [1.807, 2.05) is 0 Å². The Hall–Kier alpha value is -2.83. The van der Waals surface area contributed by atoms with Gasteiger partial charge in [0.25, 0.3) is 5.91 Å². The second kappa shape index (κ2) is 6.12. The Balaban J connectivity index is 1.79. The molecule has 0 saturated carbocycles. The van der Waals surface area contributed by atoms with Crippen LogP contribution in [0.25, 0.3) is 11.5 Å². The molecule has 0 bridgehead atoms. The van der Waals surface area contributed by atoms with Crippen LogP contribution in [-0.4, -0.2) is 25.5 Å². The van der Waals surface area contributed by atoms with Crippen molar-refractivity contribution in [1.29, 1.82) is 0 Å². The molecule has 0 atom stereocenters. The Morgan fingerprint density at radius 1 is 1.39 bits per heavy atom. The summed E-state index contributed by atoms with van der Waals surface area (Å²) in [5.41, 5.74) is 1.71. The van der Waals surface area contributed by atoms with Crippen LogP contribution in [0.5, 0.6) is 0 Å². The van der Waals surface area contributed by atoms with Crippen molar-refractivity contribution < 1.29 is 9.21 Å². The number of hydrogen-bond acceptors (Lipinski definition) is 4. The van der Waals surface area contributed by atoms with E-state index in [0.717, 1.165) is 6.54 Å². The summed E-state index contributed by atoms with van der Waals surface area (Å²) in [6, 6.07) is 3.59. The van der Waals surface area contributed by atoms with Gasteiger partial charge < -0.3 is 9.73 Å². The lowest BCUT2D eigenvalue weighted by Gasteiger charge is -2.04. The summed E-state index contributed by atoms with van der Waals surface area (Å²) >= 11 is 0. The topological polar surface area (TPSA) is 77.9 Å². The molecule has 3 aromatic heterocycles. The zero-order valence-electron chi connectivity index (χ0n) is 13.4. The van der Waals surface area contributed by atoms with Crippen molar-refractivity contribution in [2.45, 2.75) is 20.4 Å². The standard InChI is InChI=1S/C16H19N5O2/c1-11(2)8-21-9-12(7-17-21)16(22)18-13-10-20(3)19-15(13)14-5-4-6-23-14/h4-7,9-11H,8H2,1-3H3,(H,18,22). The van der Waals surface area contributed by atoms with Crippen LogP contribution in [0.3, 0.4) is 0 Å². The predicted molar refractivity (Wildman–Crippen MR) is 85.9 cm³/mol. The fraction of sp³-hybridized carbons (Fsp3) is 0.312. The summed E-state index contributed by atoms with van der Waals surface area (Å²) in [4.78, 5) is 12.4. The average molecular weight is 313 g/mol. The summed E-state index contributed by atoms with van der Waals surface area (Å²) in [7, 11) is 1.79. The van der Waals surface area contributed by atoms with Crippen LogP contribution in [0.15, 0.2) is 41.4 Å². The zero-order valence-corrected chi connectivity index (χ0v) is 13.4. The van der Waals surface area contributed by atoms with E-state index >= 15 is 0 Å². The molecule has 1 amide bonds. The van der Waals surface area contributed by atoms with E-state index in [0.29, 0.717) is 28.6 Å². The summed E-state index contributed by atoms with van der Waals surface area (Å²) in [5.74, 6) is 0.854. The molecule has 3 rings (SSSR count). The Kier molecular flexibility index (Phi) is 4.01. The third kappa shape index (κ3) is 3.33. The molecule has 3 aromatic rings. The van der Waals surface area contributed by atoms with E-state index in [4.69, 9.17) is 4.42 Å². The molecule has 0 fully saturated rings. The van der Waals surface area contributed by atoms with Gasteiger partial charge in [-0.1, -0.05) is 13.8 Å². The Morgan fingerprint density at radius 2 is 2.22 bits per heavy atom. The summed E-state index contributed by atoms with van der Waals surface area (Å²) < 4.78 is 8.77. The molecule has 0 aliphatic heterocycles. The highest BCUT2D eigenvalue weighted by Gasteiger charge is 2.17. The zero-order chi connectivity index (χ0) is 16.4. The maximum atomic E-state index is 12.4. The molecule has 120 valence electrons. The van der Waals surface area contributed by atoms with E-state index in [2.05, 4.69) is 29.4 Å². The van der Waals surface area contributed by atoms with Gasteiger partial charge in [-0.05, 0) is 18.1 Å². The number of aryl methyl sites for hydroxylation is 1. The van der Waals surface area contributed by atoms with Crippen molar-refractivity contribution in [3.8, 4) is 11.5 Å². The number of rotatable bonds is 5. The fourth-order valence-corrected chi connectivity index (χ4v) is 2.32. The number of nitrogens with one attached hydrogen (secondary N) is 1. The highest BCUT2D eigenvalue weighted by molar-refractivity contribution is 6.05. The summed E-state index contributed by atoms with van der Waals surface area (Å²) in [6.07, 6.45) is 6.64. The number of amides is 1. The number of carbonyl (C=O) groups is 1.